The van der Waals surface area contributed by atoms with Crippen molar-refractivity contribution < 1.29 is 19.1 Å². The highest BCUT2D eigenvalue weighted by Gasteiger charge is 2.35. The fourth-order valence-corrected chi connectivity index (χ4v) is 4.57. The molecular weight excluding hydrogens is 452 g/mol. The number of halogens is 1. The van der Waals surface area contributed by atoms with Crippen LogP contribution in [0.15, 0.2) is 36.4 Å². The summed E-state index contributed by atoms with van der Waals surface area (Å²) in [5.41, 5.74) is 1.40. The Hall–Kier alpha value is -2.46. The summed E-state index contributed by atoms with van der Waals surface area (Å²) in [4.78, 5) is 41.7. The summed E-state index contributed by atoms with van der Waals surface area (Å²) >= 11 is 7.12. The third kappa shape index (κ3) is 5.47. The van der Waals surface area contributed by atoms with Crippen LogP contribution in [0.2, 0.25) is 4.34 Å². The number of amides is 3. The molecule has 1 aliphatic heterocycles. The van der Waals surface area contributed by atoms with Crippen molar-refractivity contribution in [1.82, 2.24) is 10.2 Å². The standard InChI is InChI=1S/C22H25ClN4O4S/c1-26(15-6-7-15)17(12-24-22(30)18-8-9-19(23)32-18)21(29)25-14-2-4-16(5-3-14)27-10-11-31-13-20(27)28/h2-5,8-9,15,17H,6-7,10-13H2,1H3,(H,24,30)(H,25,29)/t17-/m1/s1. The van der Waals surface area contributed by atoms with Gasteiger partial charge in [0.2, 0.25) is 5.91 Å². The van der Waals surface area contributed by atoms with Crippen LogP contribution in [0.4, 0.5) is 11.4 Å². The summed E-state index contributed by atoms with van der Waals surface area (Å²) < 4.78 is 5.71. The number of carbonyl (C=O) groups is 3. The lowest BCUT2D eigenvalue weighted by atomic mass is 10.2. The van der Waals surface area contributed by atoms with E-state index < -0.39 is 6.04 Å². The fourth-order valence-electron chi connectivity index (χ4n) is 3.61. The molecule has 10 heteroatoms. The highest BCUT2D eigenvalue weighted by molar-refractivity contribution is 7.18. The highest BCUT2D eigenvalue weighted by Crippen LogP contribution is 2.28. The van der Waals surface area contributed by atoms with Gasteiger partial charge in [-0.2, -0.15) is 0 Å². The number of nitrogens with one attached hydrogen (secondary N) is 2. The van der Waals surface area contributed by atoms with Crippen molar-refractivity contribution in [3.8, 4) is 0 Å². The highest BCUT2D eigenvalue weighted by atomic mass is 35.5. The van der Waals surface area contributed by atoms with Gasteiger partial charge in [-0.15, -0.1) is 11.3 Å². The lowest BCUT2D eigenvalue weighted by Crippen LogP contribution is -2.50. The second kappa shape index (κ2) is 9.99. The van der Waals surface area contributed by atoms with Gasteiger partial charge >= 0.3 is 0 Å². The minimum absolute atomic E-state index is 0.0804. The maximum Gasteiger partial charge on any atom is 0.261 e. The van der Waals surface area contributed by atoms with Gasteiger partial charge in [0.15, 0.2) is 0 Å². The molecule has 2 aliphatic rings. The molecule has 3 amide bonds. The smallest absolute Gasteiger partial charge is 0.261 e. The van der Waals surface area contributed by atoms with Crippen molar-refractivity contribution in [3.63, 3.8) is 0 Å². The second-order valence-electron chi connectivity index (χ2n) is 7.86. The molecule has 2 N–H and O–H groups in total. The number of anilines is 2. The Kier molecular flexibility index (Phi) is 7.10. The van der Waals surface area contributed by atoms with E-state index in [4.69, 9.17) is 16.3 Å². The van der Waals surface area contributed by atoms with E-state index in [0.29, 0.717) is 34.1 Å². The normalized spacial score (nSPS) is 17.3. The number of hydrogen-bond donors (Lipinski definition) is 2. The number of benzene rings is 1. The van der Waals surface area contributed by atoms with Crippen molar-refractivity contribution in [3.05, 3.63) is 45.6 Å². The number of ether oxygens (including phenoxy) is 1. The van der Waals surface area contributed by atoms with Crippen molar-refractivity contribution in [2.45, 2.75) is 24.9 Å². The minimum atomic E-state index is -0.512. The topological polar surface area (TPSA) is 91.0 Å². The summed E-state index contributed by atoms with van der Waals surface area (Å²) in [5, 5.41) is 5.79. The summed E-state index contributed by atoms with van der Waals surface area (Å²) in [7, 11) is 1.91. The molecule has 1 saturated heterocycles. The maximum absolute atomic E-state index is 13.1. The van der Waals surface area contributed by atoms with Crippen LogP contribution >= 0.6 is 22.9 Å². The van der Waals surface area contributed by atoms with Crippen LogP contribution in [-0.4, -0.2) is 68.1 Å². The summed E-state index contributed by atoms with van der Waals surface area (Å²) in [6.45, 7) is 1.28. The van der Waals surface area contributed by atoms with Crippen LogP contribution < -0.4 is 15.5 Å². The Morgan fingerprint density at radius 1 is 1.25 bits per heavy atom. The molecule has 0 unspecified atom stereocenters. The van der Waals surface area contributed by atoms with Gasteiger partial charge in [-0.3, -0.25) is 19.3 Å². The summed E-state index contributed by atoms with van der Waals surface area (Å²) in [6.07, 6.45) is 2.08. The number of morpholine rings is 1. The Balaban J connectivity index is 1.39. The van der Waals surface area contributed by atoms with Crippen LogP contribution in [0.1, 0.15) is 22.5 Å². The maximum atomic E-state index is 13.1. The minimum Gasteiger partial charge on any atom is -0.370 e. The first-order valence-electron chi connectivity index (χ1n) is 10.5. The molecule has 0 radical (unpaired) electrons. The molecule has 2 fully saturated rings. The third-order valence-electron chi connectivity index (χ3n) is 5.60. The predicted octanol–water partition coefficient (Wildman–Crippen LogP) is 2.60. The first-order valence-corrected chi connectivity index (χ1v) is 11.7. The Morgan fingerprint density at radius 2 is 2.00 bits per heavy atom. The molecule has 1 aromatic carbocycles. The van der Waals surface area contributed by atoms with E-state index in [2.05, 4.69) is 10.6 Å². The van der Waals surface area contributed by atoms with E-state index >= 15 is 0 Å². The number of rotatable bonds is 8. The van der Waals surface area contributed by atoms with Gasteiger partial charge in [0.1, 0.15) is 12.6 Å². The van der Waals surface area contributed by atoms with Crippen LogP contribution in [0.5, 0.6) is 0 Å². The molecule has 170 valence electrons. The average molecular weight is 477 g/mol. The second-order valence-corrected chi connectivity index (χ2v) is 9.58. The molecular formula is C22H25ClN4O4S. The van der Waals surface area contributed by atoms with Crippen LogP contribution in [0.25, 0.3) is 0 Å². The van der Waals surface area contributed by atoms with Crippen molar-refractivity contribution in [2.24, 2.45) is 0 Å². The van der Waals surface area contributed by atoms with E-state index in [9.17, 15) is 14.4 Å². The van der Waals surface area contributed by atoms with Gasteiger partial charge in [-0.05, 0) is 56.3 Å². The molecule has 32 heavy (non-hydrogen) atoms. The molecule has 4 rings (SSSR count). The number of thiophene rings is 1. The van der Waals surface area contributed by atoms with Crippen molar-refractivity contribution >= 4 is 52.0 Å². The average Bonchev–Trinajstić information content (AvgIpc) is 3.55. The van der Waals surface area contributed by atoms with E-state index in [-0.39, 0.29) is 30.9 Å². The molecule has 2 aromatic rings. The van der Waals surface area contributed by atoms with Gasteiger partial charge in [-0.1, -0.05) is 11.6 Å². The zero-order valence-corrected chi connectivity index (χ0v) is 19.2. The zero-order valence-electron chi connectivity index (χ0n) is 17.7. The van der Waals surface area contributed by atoms with Gasteiger partial charge in [-0.25, -0.2) is 0 Å². The van der Waals surface area contributed by atoms with Gasteiger partial charge in [0, 0.05) is 30.5 Å². The SMILES string of the molecule is CN(C1CC1)[C@H](CNC(=O)c1ccc(Cl)s1)C(=O)Nc1ccc(N2CCOCC2=O)cc1. The van der Waals surface area contributed by atoms with Crippen LogP contribution in [-0.2, 0) is 14.3 Å². The monoisotopic (exact) mass is 476 g/mol. The number of nitrogens with zero attached hydrogens (tertiary/aromatic N) is 2. The fraction of sp³-hybridized carbons (Fsp3) is 0.409. The Bertz CT molecular complexity index is 992. The van der Waals surface area contributed by atoms with Gasteiger partial charge < -0.3 is 20.3 Å². The summed E-state index contributed by atoms with van der Waals surface area (Å²) in [6, 6.07) is 10.3. The Labute approximate surface area is 195 Å². The van der Waals surface area contributed by atoms with E-state index in [0.717, 1.165) is 18.5 Å². The number of hydrogen-bond acceptors (Lipinski definition) is 6. The molecule has 2 heterocycles. The van der Waals surface area contributed by atoms with Crippen molar-refractivity contribution in [2.75, 3.05) is 43.6 Å². The quantitative estimate of drug-likeness (QED) is 0.611. The molecule has 8 nitrogen and oxygen atoms in total. The van der Waals surface area contributed by atoms with E-state index in [1.807, 2.05) is 11.9 Å². The first-order chi connectivity index (χ1) is 15.4. The van der Waals surface area contributed by atoms with Crippen LogP contribution in [0.3, 0.4) is 0 Å². The van der Waals surface area contributed by atoms with Crippen molar-refractivity contribution in [1.29, 1.82) is 0 Å². The molecule has 1 saturated carbocycles. The lowest BCUT2D eigenvalue weighted by molar-refractivity contribution is -0.125. The van der Waals surface area contributed by atoms with Gasteiger partial charge in [0.25, 0.3) is 11.8 Å². The van der Waals surface area contributed by atoms with E-state index in [1.165, 1.54) is 11.3 Å². The van der Waals surface area contributed by atoms with E-state index in [1.54, 1.807) is 41.3 Å². The zero-order chi connectivity index (χ0) is 22.7. The predicted molar refractivity (Wildman–Crippen MR) is 124 cm³/mol. The summed E-state index contributed by atoms with van der Waals surface area (Å²) in [5.74, 6) is -0.524. The number of likely N-dealkylation sites (N-methyl/N-ethyl adjacent to an activating group) is 1. The largest absolute Gasteiger partial charge is 0.370 e. The molecule has 1 aromatic heterocycles. The first kappa shape index (κ1) is 22.7. The molecule has 0 spiro atoms. The molecule has 0 bridgehead atoms. The van der Waals surface area contributed by atoms with Gasteiger partial charge in [0.05, 0.1) is 15.8 Å². The molecule has 1 aliphatic carbocycles. The van der Waals surface area contributed by atoms with Crippen LogP contribution in [0, 0.1) is 0 Å². The molecule has 1 atom stereocenters. The third-order valence-corrected chi connectivity index (χ3v) is 6.83. The Morgan fingerprint density at radius 3 is 2.62 bits per heavy atom. The lowest BCUT2D eigenvalue weighted by Gasteiger charge is -2.28. The number of carbonyl (C=O) groups excluding carboxylic acids is 3.